The van der Waals surface area contributed by atoms with E-state index in [-0.39, 0.29) is 0 Å². The highest BCUT2D eigenvalue weighted by Gasteiger charge is 2.22. The van der Waals surface area contributed by atoms with E-state index in [0.717, 1.165) is 11.5 Å². The number of hydrogen-bond acceptors (Lipinski definition) is 6. The van der Waals surface area contributed by atoms with Crippen LogP contribution in [-0.2, 0) is 4.79 Å². The monoisotopic (exact) mass is 350 g/mol. The fourth-order valence-corrected chi connectivity index (χ4v) is 2.98. The standard InChI is InChI=1S/C15H22N6O2S/c1-8-7-11-19-20-14(21(11)10(3)16-8)24-9(2)12(22)17-13(23)18-15(4,5)6/h7,9H,1-6H3,(H2,17,18,22,23). The molecule has 3 amide bonds. The number of rotatable bonds is 3. The molecule has 0 fully saturated rings. The molecule has 24 heavy (non-hydrogen) atoms. The van der Waals surface area contributed by atoms with Crippen LogP contribution in [0, 0.1) is 13.8 Å². The molecule has 8 nitrogen and oxygen atoms in total. The quantitative estimate of drug-likeness (QED) is 0.819. The molecule has 0 aliphatic rings. The van der Waals surface area contributed by atoms with Crippen molar-refractivity contribution in [3.63, 3.8) is 0 Å². The number of aromatic nitrogens is 4. The van der Waals surface area contributed by atoms with E-state index in [0.29, 0.717) is 10.8 Å². The first-order chi connectivity index (χ1) is 11.1. The van der Waals surface area contributed by atoms with Gasteiger partial charge in [0.2, 0.25) is 5.91 Å². The third-order valence-electron chi connectivity index (χ3n) is 3.03. The maximum Gasteiger partial charge on any atom is 0.321 e. The topological polar surface area (TPSA) is 101 Å². The Morgan fingerprint density at radius 2 is 1.92 bits per heavy atom. The number of imide groups is 1. The molecular weight excluding hydrogens is 328 g/mol. The van der Waals surface area contributed by atoms with Crippen LogP contribution < -0.4 is 10.6 Å². The van der Waals surface area contributed by atoms with Crippen molar-refractivity contribution in [2.45, 2.75) is 57.5 Å². The molecule has 2 aromatic heterocycles. The van der Waals surface area contributed by atoms with E-state index in [4.69, 9.17) is 0 Å². The van der Waals surface area contributed by atoms with E-state index in [9.17, 15) is 9.59 Å². The molecular formula is C15H22N6O2S. The Morgan fingerprint density at radius 3 is 2.54 bits per heavy atom. The zero-order chi connectivity index (χ0) is 18.1. The second-order valence-corrected chi connectivity index (χ2v) is 7.88. The Hall–Kier alpha value is -2.16. The van der Waals surface area contributed by atoms with Crippen molar-refractivity contribution >= 4 is 29.3 Å². The first-order valence-electron chi connectivity index (χ1n) is 7.56. The summed E-state index contributed by atoms with van der Waals surface area (Å²) in [5.41, 5.74) is 1.12. The predicted octanol–water partition coefficient (Wildman–Crippen LogP) is 1.85. The number of hydrogen-bond donors (Lipinski definition) is 2. The van der Waals surface area contributed by atoms with Gasteiger partial charge in [-0.15, -0.1) is 10.2 Å². The van der Waals surface area contributed by atoms with E-state index < -0.39 is 22.7 Å². The summed E-state index contributed by atoms with van der Waals surface area (Å²) >= 11 is 1.23. The number of thioether (sulfide) groups is 1. The summed E-state index contributed by atoms with van der Waals surface area (Å²) in [4.78, 5) is 28.3. The van der Waals surface area contributed by atoms with Crippen LogP contribution in [0.2, 0.25) is 0 Å². The molecule has 0 radical (unpaired) electrons. The number of nitrogens with one attached hydrogen (secondary N) is 2. The smallest absolute Gasteiger partial charge is 0.321 e. The van der Waals surface area contributed by atoms with Gasteiger partial charge in [-0.05, 0) is 41.5 Å². The number of carbonyl (C=O) groups excluding carboxylic acids is 2. The van der Waals surface area contributed by atoms with Crippen LogP contribution in [0.4, 0.5) is 4.79 Å². The molecule has 2 heterocycles. The molecule has 0 bridgehead atoms. The lowest BCUT2D eigenvalue weighted by atomic mass is 10.1. The van der Waals surface area contributed by atoms with Crippen LogP contribution in [0.3, 0.4) is 0 Å². The zero-order valence-electron chi connectivity index (χ0n) is 14.7. The van der Waals surface area contributed by atoms with E-state index >= 15 is 0 Å². The predicted molar refractivity (Wildman–Crippen MR) is 92.0 cm³/mol. The summed E-state index contributed by atoms with van der Waals surface area (Å²) in [5, 5.41) is 13.3. The van der Waals surface area contributed by atoms with Crippen LogP contribution in [0.5, 0.6) is 0 Å². The van der Waals surface area contributed by atoms with Crippen LogP contribution in [0.25, 0.3) is 5.65 Å². The molecule has 0 spiro atoms. The van der Waals surface area contributed by atoms with Gasteiger partial charge < -0.3 is 5.32 Å². The molecule has 0 aliphatic carbocycles. The van der Waals surface area contributed by atoms with E-state index in [1.54, 1.807) is 11.3 Å². The summed E-state index contributed by atoms with van der Waals surface area (Å²) < 4.78 is 1.79. The Kier molecular flexibility index (Phi) is 5.12. The Labute approximate surface area is 144 Å². The summed E-state index contributed by atoms with van der Waals surface area (Å²) in [7, 11) is 0. The number of nitrogens with zero attached hydrogens (tertiary/aromatic N) is 4. The third-order valence-corrected chi connectivity index (χ3v) is 4.08. The van der Waals surface area contributed by atoms with Crippen LogP contribution in [-0.4, -0.2) is 42.3 Å². The van der Waals surface area contributed by atoms with Crippen molar-refractivity contribution in [2.75, 3.05) is 0 Å². The number of urea groups is 1. The molecule has 1 unspecified atom stereocenters. The Balaban J connectivity index is 2.08. The lowest BCUT2D eigenvalue weighted by Crippen LogP contribution is -2.49. The zero-order valence-corrected chi connectivity index (χ0v) is 15.5. The summed E-state index contributed by atoms with van der Waals surface area (Å²) in [6.07, 6.45) is 0. The van der Waals surface area contributed by atoms with E-state index in [2.05, 4.69) is 25.8 Å². The van der Waals surface area contributed by atoms with Crippen LogP contribution in [0.1, 0.15) is 39.2 Å². The molecule has 130 valence electrons. The summed E-state index contributed by atoms with van der Waals surface area (Å²) in [6.45, 7) is 11.0. The molecule has 2 N–H and O–H groups in total. The lowest BCUT2D eigenvalue weighted by molar-refractivity contribution is -0.119. The van der Waals surface area contributed by atoms with Gasteiger partial charge in [-0.2, -0.15) is 0 Å². The molecule has 0 aliphatic heterocycles. The van der Waals surface area contributed by atoms with Gasteiger partial charge in [0.25, 0.3) is 0 Å². The SMILES string of the molecule is Cc1cc2nnc(SC(C)C(=O)NC(=O)NC(C)(C)C)n2c(C)n1. The van der Waals surface area contributed by atoms with Gasteiger partial charge in [-0.1, -0.05) is 11.8 Å². The normalized spacial score (nSPS) is 12.9. The number of amides is 3. The second-order valence-electron chi connectivity index (χ2n) is 6.57. The minimum Gasteiger partial charge on any atom is -0.333 e. The highest BCUT2D eigenvalue weighted by molar-refractivity contribution is 8.00. The van der Waals surface area contributed by atoms with Gasteiger partial charge in [-0.3, -0.25) is 14.5 Å². The van der Waals surface area contributed by atoms with Gasteiger partial charge in [0.15, 0.2) is 10.8 Å². The van der Waals surface area contributed by atoms with Gasteiger partial charge >= 0.3 is 6.03 Å². The average molecular weight is 350 g/mol. The summed E-state index contributed by atoms with van der Waals surface area (Å²) in [5.74, 6) is 0.354. The number of aryl methyl sites for hydroxylation is 2. The molecule has 9 heteroatoms. The fraction of sp³-hybridized carbons (Fsp3) is 0.533. The van der Waals surface area contributed by atoms with Crippen molar-refractivity contribution in [3.8, 4) is 0 Å². The van der Waals surface area contributed by atoms with Crippen molar-refractivity contribution in [1.82, 2.24) is 30.2 Å². The van der Waals surface area contributed by atoms with Gasteiger partial charge in [-0.25, -0.2) is 9.78 Å². The summed E-state index contributed by atoms with van der Waals surface area (Å²) in [6, 6.07) is 1.31. The van der Waals surface area contributed by atoms with Gasteiger partial charge in [0, 0.05) is 17.3 Å². The van der Waals surface area contributed by atoms with Crippen LogP contribution in [0.15, 0.2) is 11.2 Å². The highest BCUT2D eigenvalue weighted by Crippen LogP contribution is 2.23. The third kappa shape index (κ3) is 4.44. The molecule has 0 saturated heterocycles. The fourth-order valence-electron chi connectivity index (χ4n) is 2.08. The Bertz CT molecular complexity index is 780. The molecule has 0 saturated carbocycles. The van der Waals surface area contributed by atoms with Crippen molar-refractivity contribution in [3.05, 3.63) is 17.6 Å². The molecule has 0 aromatic carbocycles. The van der Waals surface area contributed by atoms with E-state index in [1.807, 2.05) is 40.7 Å². The van der Waals surface area contributed by atoms with Crippen molar-refractivity contribution in [1.29, 1.82) is 0 Å². The van der Waals surface area contributed by atoms with Gasteiger partial charge in [0.1, 0.15) is 5.82 Å². The number of carbonyl (C=O) groups is 2. The lowest BCUT2D eigenvalue weighted by Gasteiger charge is -2.21. The highest BCUT2D eigenvalue weighted by atomic mass is 32.2. The van der Waals surface area contributed by atoms with Crippen molar-refractivity contribution in [2.24, 2.45) is 0 Å². The van der Waals surface area contributed by atoms with E-state index in [1.165, 1.54) is 11.8 Å². The molecule has 2 rings (SSSR count). The number of fused-ring (bicyclic) bond motifs is 1. The maximum absolute atomic E-state index is 12.2. The largest absolute Gasteiger partial charge is 0.333 e. The van der Waals surface area contributed by atoms with Crippen LogP contribution >= 0.6 is 11.8 Å². The van der Waals surface area contributed by atoms with Gasteiger partial charge in [0.05, 0.1) is 5.25 Å². The minimum absolute atomic E-state index is 0.392. The average Bonchev–Trinajstić information content (AvgIpc) is 2.79. The maximum atomic E-state index is 12.2. The molecule has 2 aromatic rings. The van der Waals surface area contributed by atoms with Crippen molar-refractivity contribution < 1.29 is 9.59 Å². The molecule has 1 atom stereocenters. The Morgan fingerprint density at radius 1 is 1.25 bits per heavy atom. The minimum atomic E-state index is -0.514. The second kappa shape index (κ2) is 6.76. The first-order valence-corrected chi connectivity index (χ1v) is 8.44. The first kappa shape index (κ1) is 18.2.